The van der Waals surface area contributed by atoms with Crippen molar-refractivity contribution in [2.24, 2.45) is 23.5 Å². The van der Waals surface area contributed by atoms with E-state index in [0.717, 1.165) is 31.2 Å². The molecular formula is C18H22N2O5S. The Hall–Kier alpha value is -1.96. The van der Waals surface area contributed by atoms with Gasteiger partial charge in [-0.15, -0.1) is 0 Å². The van der Waals surface area contributed by atoms with E-state index < -0.39 is 33.4 Å². The Morgan fingerprint density at radius 3 is 2.42 bits per heavy atom. The SMILES string of the molecule is NC(=O)C1CS(=O)(=O)CC1C(=O)c1ccc(C2CC2)c(OCC2CC2)n1. The first-order valence-corrected chi connectivity index (χ1v) is 10.8. The Morgan fingerprint density at radius 2 is 1.81 bits per heavy atom. The molecule has 2 unspecified atom stereocenters. The van der Waals surface area contributed by atoms with Crippen molar-refractivity contribution >= 4 is 21.5 Å². The maximum absolute atomic E-state index is 12.9. The van der Waals surface area contributed by atoms with Crippen molar-refractivity contribution in [2.45, 2.75) is 31.6 Å². The fraction of sp³-hybridized carbons (Fsp3) is 0.611. The topological polar surface area (TPSA) is 116 Å². The van der Waals surface area contributed by atoms with Crippen LogP contribution in [0.2, 0.25) is 0 Å². The predicted molar refractivity (Wildman–Crippen MR) is 93.6 cm³/mol. The zero-order chi connectivity index (χ0) is 18.5. The molecule has 1 aromatic heterocycles. The molecule has 2 aliphatic carbocycles. The smallest absolute Gasteiger partial charge is 0.222 e. The number of aromatic nitrogens is 1. The fourth-order valence-electron chi connectivity index (χ4n) is 3.47. The number of rotatable bonds is 7. The number of ketones is 1. The summed E-state index contributed by atoms with van der Waals surface area (Å²) in [5.74, 6) is -2.44. The van der Waals surface area contributed by atoms with Crippen molar-refractivity contribution in [3.63, 3.8) is 0 Å². The van der Waals surface area contributed by atoms with Crippen LogP contribution in [0.5, 0.6) is 5.88 Å². The van der Waals surface area contributed by atoms with Crippen LogP contribution in [0, 0.1) is 17.8 Å². The van der Waals surface area contributed by atoms with E-state index in [4.69, 9.17) is 10.5 Å². The van der Waals surface area contributed by atoms with Gasteiger partial charge in [0.25, 0.3) is 0 Å². The lowest BCUT2D eigenvalue weighted by Gasteiger charge is -2.15. The van der Waals surface area contributed by atoms with Crippen LogP contribution in [0.3, 0.4) is 0 Å². The van der Waals surface area contributed by atoms with E-state index in [9.17, 15) is 18.0 Å². The molecule has 1 aromatic rings. The van der Waals surface area contributed by atoms with E-state index in [1.807, 2.05) is 6.07 Å². The quantitative estimate of drug-likeness (QED) is 0.710. The van der Waals surface area contributed by atoms with E-state index in [-0.39, 0.29) is 17.2 Å². The van der Waals surface area contributed by atoms with Crippen LogP contribution in [0.15, 0.2) is 12.1 Å². The molecule has 2 heterocycles. The van der Waals surface area contributed by atoms with E-state index >= 15 is 0 Å². The number of hydrogen-bond acceptors (Lipinski definition) is 6. The highest BCUT2D eigenvalue weighted by molar-refractivity contribution is 7.91. The van der Waals surface area contributed by atoms with Gasteiger partial charge in [-0.3, -0.25) is 9.59 Å². The van der Waals surface area contributed by atoms with Crippen LogP contribution >= 0.6 is 0 Å². The lowest BCUT2D eigenvalue weighted by molar-refractivity contribution is -0.121. The summed E-state index contributed by atoms with van der Waals surface area (Å²) in [4.78, 5) is 28.9. The number of amides is 1. The summed E-state index contributed by atoms with van der Waals surface area (Å²) >= 11 is 0. The van der Waals surface area contributed by atoms with Gasteiger partial charge in [0.2, 0.25) is 11.8 Å². The lowest BCUT2D eigenvalue weighted by Crippen LogP contribution is -2.33. The third-order valence-electron chi connectivity index (χ3n) is 5.37. The molecule has 8 heteroatoms. The monoisotopic (exact) mass is 378 g/mol. The molecule has 2 saturated carbocycles. The number of ether oxygens (including phenoxy) is 1. The number of primary amides is 1. The Labute approximate surface area is 152 Å². The van der Waals surface area contributed by atoms with Crippen molar-refractivity contribution in [2.75, 3.05) is 18.1 Å². The molecule has 0 radical (unpaired) electrons. The molecular weight excluding hydrogens is 356 g/mol. The number of carbonyl (C=O) groups excluding carboxylic acids is 2. The van der Waals surface area contributed by atoms with Gasteiger partial charge in [0.15, 0.2) is 15.6 Å². The van der Waals surface area contributed by atoms with Gasteiger partial charge in [-0.05, 0) is 43.6 Å². The van der Waals surface area contributed by atoms with Crippen LogP contribution in [-0.4, -0.2) is 43.2 Å². The van der Waals surface area contributed by atoms with Crippen LogP contribution in [0.4, 0.5) is 0 Å². The van der Waals surface area contributed by atoms with Crippen LogP contribution < -0.4 is 10.5 Å². The summed E-state index contributed by atoms with van der Waals surface area (Å²) in [7, 11) is -3.46. The highest BCUT2D eigenvalue weighted by atomic mass is 32.2. The van der Waals surface area contributed by atoms with Crippen molar-refractivity contribution in [3.05, 3.63) is 23.4 Å². The summed E-state index contributed by atoms with van der Waals surface area (Å²) < 4.78 is 29.6. The highest BCUT2D eigenvalue weighted by Crippen LogP contribution is 2.44. The van der Waals surface area contributed by atoms with Gasteiger partial charge in [0, 0.05) is 5.56 Å². The number of pyridine rings is 1. The van der Waals surface area contributed by atoms with Gasteiger partial charge in [-0.25, -0.2) is 13.4 Å². The highest BCUT2D eigenvalue weighted by Gasteiger charge is 2.45. The molecule has 0 bridgehead atoms. The minimum absolute atomic E-state index is 0.147. The molecule has 4 rings (SSSR count). The second kappa shape index (κ2) is 6.33. The van der Waals surface area contributed by atoms with Crippen molar-refractivity contribution < 1.29 is 22.7 Å². The number of Topliss-reactive ketones (excluding diaryl/α,β-unsaturated/α-hetero) is 1. The summed E-state index contributed by atoms with van der Waals surface area (Å²) in [5, 5.41) is 0. The molecule has 1 amide bonds. The molecule has 0 spiro atoms. The molecule has 26 heavy (non-hydrogen) atoms. The molecule has 7 nitrogen and oxygen atoms in total. The van der Waals surface area contributed by atoms with Gasteiger partial charge < -0.3 is 10.5 Å². The number of sulfone groups is 1. The maximum atomic E-state index is 12.9. The lowest BCUT2D eigenvalue weighted by atomic mass is 9.89. The Balaban J connectivity index is 1.60. The van der Waals surface area contributed by atoms with E-state index in [2.05, 4.69) is 4.98 Å². The first-order valence-electron chi connectivity index (χ1n) is 9.02. The molecule has 2 N–H and O–H groups in total. The molecule has 1 saturated heterocycles. The zero-order valence-electron chi connectivity index (χ0n) is 14.4. The normalized spacial score (nSPS) is 27.2. The number of carbonyl (C=O) groups is 2. The molecule has 2 atom stereocenters. The molecule has 1 aliphatic heterocycles. The number of nitrogens with zero attached hydrogens (tertiary/aromatic N) is 1. The maximum Gasteiger partial charge on any atom is 0.222 e. The van der Waals surface area contributed by atoms with Crippen molar-refractivity contribution in [3.8, 4) is 5.88 Å². The largest absolute Gasteiger partial charge is 0.477 e. The summed E-state index contributed by atoms with van der Waals surface area (Å²) in [6.07, 6.45) is 4.47. The second-order valence-corrected chi connectivity index (χ2v) is 9.83. The Morgan fingerprint density at radius 1 is 1.12 bits per heavy atom. The minimum atomic E-state index is -3.46. The molecule has 0 aromatic carbocycles. The van der Waals surface area contributed by atoms with E-state index in [1.165, 1.54) is 0 Å². The van der Waals surface area contributed by atoms with Gasteiger partial charge in [0.05, 0.1) is 29.9 Å². The zero-order valence-corrected chi connectivity index (χ0v) is 15.2. The molecule has 3 fully saturated rings. The van der Waals surface area contributed by atoms with E-state index in [1.54, 1.807) is 6.07 Å². The van der Waals surface area contributed by atoms with Crippen molar-refractivity contribution in [1.29, 1.82) is 0 Å². The second-order valence-electron chi connectivity index (χ2n) is 7.68. The van der Waals surface area contributed by atoms with Gasteiger partial charge in [-0.2, -0.15) is 0 Å². The fourth-order valence-corrected chi connectivity index (χ4v) is 5.48. The first kappa shape index (κ1) is 17.5. The minimum Gasteiger partial charge on any atom is -0.477 e. The van der Waals surface area contributed by atoms with Crippen LogP contribution in [0.1, 0.15) is 47.7 Å². The Kier molecular flexibility index (Phi) is 4.25. The van der Waals surface area contributed by atoms with Crippen LogP contribution in [-0.2, 0) is 14.6 Å². The third-order valence-corrected chi connectivity index (χ3v) is 7.10. The standard InChI is InChI=1S/C18H22N2O5S/c19-17(22)14-9-26(23,24)8-13(14)16(21)15-6-5-12(11-3-4-11)18(20-15)25-7-10-1-2-10/h5-6,10-11,13-14H,1-4,7-9H2,(H2,19,22). The molecule has 140 valence electrons. The van der Waals surface area contributed by atoms with Gasteiger partial charge >= 0.3 is 0 Å². The van der Waals surface area contributed by atoms with Crippen molar-refractivity contribution in [1.82, 2.24) is 4.98 Å². The van der Waals surface area contributed by atoms with Crippen LogP contribution in [0.25, 0.3) is 0 Å². The number of nitrogens with two attached hydrogens (primary N) is 1. The third kappa shape index (κ3) is 3.60. The Bertz CT molecular complexity index is 858. The first-order chi connectivity index (χ1) is 12.3. The van der Waals surface area contributed by atoms with Gasteiger partial charge in [0.1, 0.15) is 5.69 Å². The average molecular weight is 378 g/mol. The summed E-state index contributed by atoms with van der Waals surface area (Å²) in [5.41, 5.74) is 6.47. The number of hydrogen-bond donors (Lipinski definition) is 1. The average Bonchev–Trinajstić information content (AvgIpc) is 3.49. The summed E-state index contributed by atoms with van der Waals surface area (Å²) in [6.45, 7) is 0.589. The molecule has 3 aliphatic rings. The van der Waals surface area contributed by atoms with Gasteiger partial charge in [-0.1, -0.05) is 6.07 Å². The van der Waals surface area contributed by atoms with E-state index in [0.29, 0.717) is 24.3 Å². The predicted octanol–water partition coefficient (Wildman–Crippen LogP) is 1.08. The summed E-state index contributed by atoms with van der Waals surface area (Å²) in [6, 6.07) is 3.46.